The Morgan fingerprint density at radius 1 is 0.732 bits per heavy atom. The number of halogens is 1. The molecule has 0 bridgehead atoms. The van der Waals surface area contributed by atoms with Crippen LogP contribution in [0.2, 0.25) is 0 Å². The Morgan fingerprint density at radius 3 is 1.86 bits per heavy atom. The van der Waals surface area contributed by atoms with Crippen molar-refractivity contribution in [2.75, 3.05) is 13.1 Å². The summed E-state index contributed by atoms with van der Waals surface area (Å²) < 4.78 is 28.4. The minimum atomic E-state index is -0.736. The second-order valence-electron chi connectivity index (χ2n) is 16.5. The highest BCUT2D eigenvalue weighted by Crippen LogP contribution is 2.35. The molecule has 1 aliphatic heterocycles. The van der Waals surface area contributed by atoms with Crippen molar-refractivity contribution in [1.29, 1.82) is 0 Å². The van der Waals surface area contributed by atoms with E-state index in [0.29, 0.717) is 55.6 Å². The Morgan fingerprint density at radius 2 is 1.29 bits per heavy atom. The minimum Gasteiger partial charge on any atom is -0.490 e. The van der Waals surface area contributed by atoms with E-state index in [1.54, 1.807) is 0 Å². The lowest BCUT2D eigenvalue weighted by atomic mass is 9.83. The van der Waals surface area contributed by atoms with Crippen molar-refractivity contribution in [2.24, 2.45) is 17.8 Å². The van der Waals surface area contributed by atoms with Gasteiger partial charge in [-0.05, 0) is 148 Å². The third-order valence-electron chi connectivity index (χ3n) is 12.9. The highest BCUT2D eigenvalue weighted by molar-refractivity contribution is 5.83. The maximum atomic E-state index is 15.7. The van der Waals surface area contributed by atoms with Crippen molar-refractivity contribution in [3.63, 3.8) is 0 Å². The van der Waals surface area contributed by atoms with Gasteiger partial charge in [-0.3, -0.25) is 14.5 Å². The number of ether oxygens (including phenoxy) is 2. The number of likely N-dealkylation sites (tertiary alicyclic amines) is 1. The number of carbonyl (C=O) groups is 2. The zero-order valence-electron chi connectivity index (χ0n) is 33.0. The first-order valence-electron chi connectivity index (χ1n) is 21.2. The molecule has 6 nitrogen and oxygen atoms in total. The van der Waals surface area contributed by atoms with Gasteiger partial charge in [-0.15, -0.1) is 0 Å². The van der Waals surface area contributed by atoms with Gasteiger partial charge in [0.1, 0.15) is 23.6 Å². The van der Waals surface area contributed by atoms with Crippen LogP contribution in [0.25, 0.3) is 22.3 Å². The average Bonchev–Trinajstić information content (AvgIpc) is 3.23. The van der Waals surface area contributed by atoms with E-state index in [1.165, 1.54) is 19.3 Å². The molecule has 7 heteroatoms. The van der Waals surface area contributed by atoms with Crippen LogP contribution in [0.3, 0.4) is 0 Å². The van der Waals surface area contributed by atoms with Gasteiger partial charge in [-0.1, -0.05) is 80.4 Å². The first-order chi connectivity index (χ1) is 27.4. The highest BCUT2D eigenvalue weighted by Gasteiger charge is 2.26. The van der Waals surface area contributed by atoms with Gasteiger partial charge in [0.25, 0.3) is 0 Å². The summed E-state index contributed by atoms with van der Waals surface area (Å²) in [6.45, 7) is 4.10. The van der Waals surface area contributed by atoms with E-state index in [9.17, 15) is 14.7 Å². The van der Waals surface area contributed by atoms with Gasteiger partial charge in [-0.25, -0.2) is 4.39 Å². The third kappa shape index (κ3) is 10.1. The van der Waals surface area contributed by atoms with E-state index in [0.717, 1.165) is 109 Å². The van der Waals surface area contributed by atoms with Gasteiger partial charge < -0.3 is 14.6 Å². The number of carbonyl (C=O) groups excluding carboxylic acids is 1. The molecule has 296 valence electrons. The van der Waals surface area contributed by atoms with E-state index in [-0.39, 0.29) is 17.8 Å². The van der Waals surface area contributed by atoms with Gasteiger partial charge in [0.15, 0.2) is 0 Å². The van der Waals surface area contributed by atoms with Gasteiger partial charge in [-0.2, -0.15) is 0 Å². The fourth-order valence-electron chi connectivity index (χ4n) is 9.34. The van der Waals surface area contributed by atoms with Gasteiger partial charge in [0.05, 0.1) is 18.1 Å². The van der Waals surface area contributed by atoms with Crippen LogP contribution in [0.1, 0.15) is 112 Å². The second kappa shape index (κ2) is 19.1. The number of carboxylic acid groups (broad SMARTS) is 1. The number of hydrogen-bond donors (Lipinski definition) is 1. The SMILES string of the molecule is CCC1CCC(Oc2ccc(-c3cccc(C=O)c3CCC[C@H]3CC[C@@H](Oc4ccc(-c5cccc(CN6CCC(C(=O)O)CC6)c5F)cc4)CC3)cc2)CC1. The molecule has 0 radical (unpaired) electrons. The molecule has 2 aliphatic carbocycles. The van der Waals surface area contributed by atoms with Crippen LogP contribution < -0.4 is 9.47 Å². The minimum absolute atomic E-state index is 0.170. The lowest BCUT2D eigenvalue weighted by Crippen LogP contribution is -2.36. The summed E-state index contributed by atoms with van der Waals surface area (Å²) in [5.41, 5.74) is 6.20. The van der Waals surface area contributed by atoms with E-state index in [1.807, 2.05) is 54.6 Å². The van der Waals surface area contributed by atoms with Crippen molar-refractivity contribution in [2.45, 2.75) is 116 Å². The zero-order chi connectivity index (χ0) is 38.9. The lowest BCUT2D eigenvalue weighted by molar-refractivity contribution is -0.143. The van der Waals surface area contributed by atoms with Crippen molar-refractivity contribution in [3.8, 4) is 33.8 Å². The van der Waals surface area contributed by atoms with Crippen LogP contribution >= 0.6 is 0 Å². The number of benzene rings is 4. The van der Waals surface area contributed by atoms with E-state index in [2.05, 4.69) is 42.2 Å². The molecular formula is C49H58FNO5. The van der Waals surface area contributed by atoms with Crippen LogP contribution in [-0.4, -0.2) is 47.6 Å². The van der Waals surface area contributed by atoms with E-state index < -0.39 is 5.97 Å². The molecule has 4 aromatic carbocycles. The summed E-state index contributed by atoms with van der Waals surface area (Å²) in [6, 6.07) is 27.8. The maximum absolute atomic E-state index is 15.7. The lowest BCUT2D eigenvalue weighted by Gasteiger charge is -2.30. The fraction of sp³-hybridized carbons (Fsp3) is 0.469. The normalized spacial score (nSPS) is 22.0. The molecule has 1 saturated heterocycles. The highest BCUT2D eigenvalue weighted by atomic mass is 19.1. The first-order valence-corrected chi connectivity index (χ1v) is 21.2. The molecular weight excluding hydrogens is 702 g/mol. The zero-order valence-corrected chi connectivity index (χ0v) is 33.0. The Hall–Kier alpha value is -4.49. The van der Waals surface area contributed by atoms with Crippen molar-refractivity contribution in [3.05, 3.63) is 107 Å². The Kier molecular flexibility index (Phi) is 13.6. The number of carboxylic acids is 1. The molecule has 0 spiro atoms. The number of aliphatic carboxylic acids is 1. The van der Waals surface area contributed by atoms with Crippen LogP contribution in [0.15, 0.2) is 84.9 Å². The van der Waals surface area contributed by atoms with Gasteiger partial charge >= 0.3 is 5.97 Å². The maximum Gasteiger partial charge on any atom is 0.306 e. The molecule has 7 rings (SSSR count). The van der Waals surface area contributed by atoms with Crippen LogP contribution in [0.4, 0.5) is 4.39 Å². The first kappa shape index (κ1) is 39.7. The topological polar surface area (TPSA) is 76.1 Å². The Labute approximate surface area is 332 Å². The summed E-state index contributed by atoms with van der Waals surface area (Å²) >= 11 is 0. The van der Waals surface area contributed by atoms with Gasteiger partial charge in [0, 0.05) is 23.2 Å². The number of piperidine rings is 1. The average molecular weight is 760 g/mol. The Balaban J connectivity index is 0.872. The molecule has 0 aromatic heterocycles. The van der Waals surface area contributed by atoms with Crippen molar-refractivity contribution in [1.82, 2.24) is 4.90 Å². The predicted molar refractivity (Wildman–Crippen MR) is 221 cm³/mol. The number of hydrogen-bond acceptors (Lipinski definition) is 5. The fourth-order valence-corrected chi connectivity index (χ4v) is 9.34. The smallest absolute Gasteiger partial charge is 0.306 e. The van der Waals surface area contributed by atoms with E-state index >= 15 is 4.39 Å². The van der Waals surface area contributed by atoms with Crippen LogP contribution in [0.5, 0.6) is 11.5 Å². The Bertz CT molecular complexity index is 1890. The summed E-state index contributed by atoms with van der Waals surface area (Å²) in [5.74, 6) is 1.98. The molecule has 0 unspecified atom stereocenters. The summed E-state index contributed by atoms with van der Waals surface area (Å²) in [4.78, 5) is 25.6. The number of rotatable bonds is 15. The molecule has 1 N–H and O–H groups in total. The number of aldehydes is 1. The second-order valence-corrected chi connectivity index (χ2v) is 16.5. The molecule has 0 amide bonds. The molecule has 4 aromatic rings. The van der Waals surface area contributed by atoms with Gasteiger partial charge in [0.2, 0.25) is 0 Å². The quantitative estimate of drug-likeness (QED) is 0.122. The molecule has 2 saturated carbocycles. The van der Waals surface area contributed by atoms with E-state index in [4.69, 9.17) is 9.47 Å². The molecule has 3 aliphatic rings. The van der Waals surface area contributed by atoms with Crippen LogP contribution in [0, 0.1) is 23.6 Å². The summed E-state index contributed by atoms with van der Waals surface area (Å²) in [5, 5.41) is 9.30. The number of nitrogens with zero attached hydrogens (tertiary/aromatic N) is 1. The van der Waals surface area contributed by atoms with Crippen molar-refractivity contribution < 1.29 is 28.6 Å². The monoisotopic (exact) mass is 759 g/mol. The molecule has 1 heterocycles. The largest absolute Gasteiger partial charge is 0.490 e. The molecule has 56 heavy (non-hydrogen) atoms. The summed E-state index contributed by atoms with van der Waals surface area (Å²) in [7, 11) is 0. The standard InChI is InChI=1S/C49H58FNO5/c1-2-34-12-20-41(21-13-34)55-43-24-16-36(17-25-43)45-10-5-8-40(33-52)46(45)9-3-6-35-14-22-42(23-15-35)56-44-26-18-37(19-27-44)47-11-4-7-39(48(47)50)32-51-30-28-38(29-31-51)49(53)54/h4-5,7-8,10-11,16-19,24-27,33-35,38,41-42H,2-3,6,9,12-15,20-23,28-32H2,1H3,(H,53,54)/t34?,35-,41?,42+. The predicted octanol–water partition coefficient (Wildman–Crippen LogP) is 11.6. The van der Waals surface area contributed by atoms with Crippen LogP contribution in [-0.2, 0) is 17.8 Å². The van der Waals surface area contributed by atoms with Crippen molar-refractivity contribution >= 4 is 12.3 Å². The molecule has 0 atom stereocenters. The summed E-state index contributed by atoms with van der Waals surface area (Å²) in [6.07, 6.45) is 16.1. The molecule has 3 fully saturated rings. The third-order valence-corrected chi connectivity index (χ3v) is 12.9.